The summed E-state index contributed by atoms with van der Waals surface area (Å²) >= 11 is 0. The molecule has 0 saturated carbocycles. The molecule has 0 aromatic heterocycles. The van der Waals surface area contributed by atoms with Gasteiger partial charge < -0.3 is 4.90 Å². The van der Waals surface area contributed by atoms with E-state index in [1.807, 2.05) is 60.7 Å². The van der Waals surface area contributed by atoms with Crippen LogP contribution in [0.1, 0.15) is 34.6 Å². The fourth-order valence-electron chi connectivity index (χ4n) is 0.906. The topological polar surface area (TPSA) is 23.6 Å². The van der Waals surface area contributed by atoms with Crippen molar-refractivity contribution < 1.29 is 4.79 Å². The Bertz CT molecular complexity index is 214. The lowest BCUT2D eigenvalue weighted by atomic mass is 9.98. The van der Waals surface area contributed by atoms with E-state index in [0.717, 1.165) is 0 Å². The highest BCUT2D eigenvalue weighted by molar-refractivity contribution is 5.85. The van der Waals surface area contributed by atoms with E-state index in [4.69, 9.17) is 0 Å². The first-order valence-corrected chi connectivity index (χ1v) is 4.97. The molecule has 14 heavy (non-hydrogen) atoms. The van der Waals surface area contributed by atoms with Crippen molar-refractivity contribution in [1.82, 2.24) is 9.80 Å². The SMILES string of the molecule is CN(C(=O)C(C)(C)N(C)C)C(C)(C)C. The van der Waals surface area contributed by atoms with Gasteiger partial charge in [-0.2, -0.15) is 0 Å². The van der Waals surface area contributed by atoms with Crippen molar-refractivity contribution in [2.24, 2.45) is 0 Å². The van der Waals surface area contributed by atoms with Crippen molar-refractivity contribution in [3.8, 4) is 0 Å². The Morgan fingerprint density at radius 1 is 0.929 bits per heavy atom. The van der Waals surface area contributed by atoms with Crippen LogP contribution in [0.3, 0.4) is 0 Å². The van der Waals surface area contributed by atoms with Crippen LogP contribution in [0.4, 0.5) is 0 Å². The van der Waals surface area contributed by atoms with E-state index in [9.17, 15) is 4.79 Å². The normalized spacial score (nSPS) is 13.2. The van der Waals surface area contributed by atoms with Crippen molar-refractivity contribution >= 4 is 5.91 Å². The fourth-order valence-corrected chi connectivity index (χ4v) is 0.906. The zero-order valence-corrected chi connectivity index (χ0v) is 10.8. The first-order chi connectivity index (χ1) is 6.01. The number of hydrogen-bond donors (Lipinski definition) is 0. The van der Waals surface area contributed by atoms with Gasteiger partial charge in [0.2, 0.25) is 5.91 Å². The Hall–Kier alpha value is -0.570. The summed E-state index contributed by atoms with van der Waals surface area (Å²) < 4.78 is 0. The highest BCUT2D eigenvalue weighted by Crippen LogP contribution is 2.19. The van der Waals surface area contributed by atoms with Crippen LogP contribution in [-0.2, 0) is 4.79 Å². The van der Waals surface area contributed by atoms with E-state index in [-0.39, 0.29) is 11.4 Å². The third kappa shape index (κ3) is 2.71. The molecule has 0 aliphatic carbocycles. The van der Waals surface area contributed by atoms with Crippen LogP contribution < -0.4 is 0 Å². The predicted octanol–water partition coefficient (Wildman–Crippen LogP) is 1.58. The molecular weight excluding hydrogens is 176 g/mol. The Balaban J connectivity index is 4.80. The van der Waals surface area contributed by atoms with Crippen LogP contribution in [0.2, 0.25) is 0 Å². The Kier molecular flexibility index (Phi) is 3.73. The molecule has 0 radical (unpaired) electrons. The molecule has 84 valence electrons. The summed E-state index contributed by atoms with van der Waals surface area (Å²) in [6, 6.07) is 0. The molecule has 0 heterocycles. The summed E-state index contributed by atoms with van der Waals surface area (Å²) in [5, 5.41) is 0. The lowest BCUT2D eigenvalue weighted by molar-refractivity contribution is -0.144. The third-order valence-corrected chi connectivity index (χ3v) is 2.95. The van der Waals surface area contributed by atoms with Crippen LogP contribution in [0.25, 0.3) is 0 Å². The molecule has 3 heteroatoms. The molecule has 0 bridgehead atoms. The highest BCUT2D eigenvalue weighted by Gasteiger charge is 2.36. The van der Waals surface area contributed by atoms with E-state index in [0.29, 0.717) is 0 Å². The molecule has 0 aliphatic heterocycles. The molecule has 0 saturated heterocycles. The first kappa shape index (κ1) is 13.4. The summed E-state index contributed by atoms with van der Waals surface area (Å²) in [4.78, 5) is 15.9. The molecule has 0 spiro atoms. The second kappa shape index (κ2) is 3.89. The van der Waals surface area contributed by atoms with Gasteiger partial charge in [0.05, 0.1) is 5.54 Å². The van der Waals surface area contributed by atoms with Crippen LogP contribution in [0.5, 0.6) is 0 Å². The van der Waals surface area contributed by atoms with Crippen molar-refractivity contribution in [1.29, 1.82) is 0 Å². The average molecular weight is 200 g/mol. The molecule has 0 aromatic carbocycles. The second-order valence-corrected chi connectivity index (χ2v) is 5.49. The summed E-state index contributed by atoms with van der Waals surface area (Å²) in [7, 11) is 5.70. The monoisotopic (exact) mass is 200 g/mol. The summed E-state index contributed by atoms with van der Waals surface area (Å²) in [6.45, 7) is 10.00. The van der Waals surface area contributed by atoms with Crippen LogP contribution in [-0.4, -0.2) is 47.9 Å². The van der Waals surface area contributed by atoms with Crippen molar-refractivity contribution in [3.05, 3.63) is 0 Å². The Labute approximate surface area is 88.1 Å². The number of carbonyl (C=O) groups excluding carboxylic acids is 1. The lowest BCUT2D eigenvalue weighted by Gasteiger charge is -2.40. The van der Waals surface area contributed by atoms with Crippen molar-refractivity contribution in [2.75, 3.05) is 21.1 Å². The number of hydrogen-bond acceptors (Lipinski definition) is 2. The minimum absolute atomic E-state index is 0.121. The fraction of sp³-hybridized carbons (Fsp3) is 0.909. The molecule has 0 atom stereocenters. The first-order valence-electron chi connectivity index (χ1n) is 4.97. The van der Waals surface area contributed by atoms with Gasteiger partial charge in [0.25, 0.3) is 0 Å². The molecule has 3 nitrogen and oxygen atoms in total. The zero-order valence-electron chi connectivity index (χ0n) is 10.8. The van der Waals surface area contributed by atoms with Crippen LogP contribution in [0, 0.1) is 0 Å². The quantitative estimate of drug-likeness (QED) is 0.675. The number of nitrogens with zero attached hydrogens (tertiary/aromatic N) is 2. The standard InChI is InChI=1S/C11H24N2O/c1-10(2,3)13(8)9(14)11(4,5)12(6)7/h1-8H3. The summed E-state index contributed by atoms with van der Waals surface area (Å²) in [5.74, 6) is 0.148. The highest BCUT2D eigenvalue weighted by atomic mass is 16.2. The van der Waals surface area contributed by atoms with Gasteiger partial charge in [-0.05, 0) is 48.7 Å². The molecule has 0 unspecified atom stereocenters. The third-order valence-electron chi connectivity index (χ3n) is 2.95. The largest absolute Gasteiger partial charge is 0.339 e. The van der Waals surface area contributed by atoms with Gasteiger partial charge >= 0.3 is 0 Å². The number of rotatable bonds is 2. The average Bonchev–Trinajstić information content (AvgIpc) is 1.99. The van der Waals surface area contributed by atoms with Crippen LogP contribution in [0.15, 0.2) is 0 Å². The van der Waals surface area contributed by atoms with Gasteiger partial charge in [-0.15, -0.1) is 0 Å². The van der Waals surface area contributed by atoms with Gasteiger partial charge in [0.1, 0.15) is 0 Å². The van der Waals surface area contributed by atoms with Gasteiger partial charge in [-0.25, -0.2) is 0 Å². The molecule has 0 N–H and O–H groups in total. The van der Waals surface area contributed by atoms with Crippen LogP contribution >= 0.6 is 0 Å². The zero-order chi connectivity index (χ0) is 11.7. The maximum absolute atomic E-state index is 12.1. The number of likely N-dealkylation sites (N-methyl/N-ethyl adjacent to an activating group) is 2. The Morgan fingerprint density at radius 2 is 1.29 bits per heavy atom. The Morgan fingerprint density at radius 3 is 1.50 bits per heavy atom. The molecule has 1 amide bonds. The van der Waals surface area contributed by atoms with Crippen molar-refractivity contribution in [3.63, 3.8) is 0 Å². The van der Waals surface area contributed by atoms with Gasteiger partial charge in [-0.1, -0.05) is 0 Å². The molecule has 0 fully saturated rings. The van der Waals surface area contributed by atoms with E-state index in [2.05, 4.69) is 0 Å². The molecule has 0 aromatic rings. The second-order valence-electron chi connectivity index (χ2n) is 5.49. The van der Waals surface area contributed by atoms with E-state index >= 15 is 0 Å². The van der Waals surface area contributed by atoms with Gasteiger partial charge in [0.15, 0.2) is 0 Å². The van der Waals surface area contributed by atoms with Crippen molar-refractivity contribution in [2.45, 2.75) is 45.7 Å². The smallest absolute Gasteiger partial charge is 0.242 e. The van der Waals surface area contributed by atoms with Gasteiger partial charge in [0, 0.05) is 12.6 Å². The minimum Gasteiger partial charge on any atom is -0.339 e. The maximum Gasteiger partial charge on any atom is 0.242 e. The van der Waals surface area contributed by atoms with Gasteiger partial charge in [-0.3, -0.25) is 9.69 Å². The van der Waals surface area contributed by atoms with E-state index in [1.165, 1.54) is 0 Å². The molecule has 0 rings (SSSR count). The number of carbonyl (C=O) groups is 1. The van der Waals surface area contributed by atoms with E-state index in [1.54, 1.807) is 4.90 Å². The van der Waals surface area contributed by atoms with E-state index < -0.39 is 5.54 Å². The molecule has 0 aliphatic rings. The lowest BCUT2D eigenvalue weighted by Crippen LogP contribution is -2.56. The number of amides is 1. The summed E-state index contributed by atoms with van der Waals surface area (Å²) in [6.07, 6.45) is 0. The summed E-state index contributed by atoms with van der Waals surface area (Å²) in [5.41, 5.74) is -0.563. The minimum atomic E-state index is -0.442. The predicted molar refractivity (Wildman–Crippen MR) is 60.3 cm³/mol. The maximum atomic E-state index is 12.1. The molecular formula is C11H24N2O.